The average Bonchev–Trinajstić information content (AvgIpc) is 3.59. The van der Waals surface area contributed by atoms with Crippen molar-refractivity contribution in [2.45, 2.75) is 62.7 Å². The number of nitrogens with zero attached hydrogens (tertiary/aromatic N) is 6. The molecule has 5 heterocycles. The number of aromatic nitrogens is 2. The molecule has 1 aromatic heterocycles. The van der Waals surface area contributed by atoms with Crippen molar-refractivity contribution in [2.75, 3.05) is 57.8 Å². The summed E-state index contributed by atoms with van der Waals surface area (Å²) < 4.78 is 23.0. The molecule has 4 aliphatic heterocycles. The van der Waals surface area contributed by atoms with Crippen LogP contribution in [0.15, 0.2) is 48.5 Å². The molecule has 48 heavy (non-hydrogen) atoms. The fourth-order valence-corrected chi connectivity index (χ4v) is 8.34. The molecular weight excluding hydrogens is 609 g/mol. The summed E-state index contributed by atoms with van der Waals surface area (Å²) in [5, 5.41) is 12.8. The second-order valence-electron chi connectivity index (χ2n) is 14.1. The summed E-state index contributed by atoms with van der Waals surface area (Å²) in [6.45, 7) is 4.71. The van der Waals surface area contributed by atoms with E-state index in [1.165, 1.54) is 0 Å². The molecule has 8 rings (SSSR count). The lowest BCUT2D eigenvalue weighted by Gasteiger charge is -2.42. The second kappa shape index (κ2) is 12.8. The molecule has 4 aromatic rings. The highest BCUT2D eigenvalue weighted by atomic mass is 19.1. The molecule has 3 aromatic carbocycles. The lowest BCUT2D eigenvalue weighted by atomic mass is 9.96. The molecule has 3 atom stereocenters. The molecular formula is C37H44FN7O3. The molecule has 11 heteroatoms. The summed E-state index contributed by atoms with van der Waals surface area (Å²) >= 11 is 0. The fourth-order valence-electron chi connectivity index (χ4n) is 8.34. The summed E-state index contributed by atoms with van der Waals surface area (Å²) in [6.07, 6.45) is 5.87. The van der Waals surface area contributed by atoms with Gasteiger partial charge in [0.2, 0.25) is 5.91 Å². The Bertz CT molecular complexity index is 1830. The van der Waals surface area contributed by atoms with Gasteiger partial charge in [-0.05, 0) is 86.7 Å². The van der Waals surface area contributed by atoms with Gasteiger partial charge in [0.05, 0.1) is 6.54 Å². The largest absolute Gasteiger partial charge is 0.508 e. The molecule has 0 radical (unpaired) electrons. The third kappa shape index (κ3) is 5.82. The number of aromatic hydroxyl groups is 1. The molecule has 4 saturated heterocycles. The number of halogens is 1. The van der Waals surface area contributed by atoms with Gasteiger partial charge < -0.3 is 30.3 Å². The normalized spacial score (nSPS) is 23.9. The number of carbonyl (C=O) groups is 1. The van der Waals surface area contributed by atoms with Crippen LogP contribution in [0.1, 0.15) is 38.5 Å². The van der Waals surface area contributed by atoms with E-state index >= 15 is 4.39 Å². The molecule has 0 unspecified atom stereocenters. The fraction of sp³-hybridized carbons (Fsp3) is 0.486. The van der Waals surface area contributed by atoms with Gasteiger partial charge >= 0.3 is 6.01 Å². The zero-order valence-corrected chi connectivity index (χ0v) is 27.5. The monoisotopic (exact) mass is 653 g/mol. The first kappa shape index (κ1) is 31.2. The van der Waals surface area contributed by atoms with Gasteiger partial charge in [-0.3, -0.25) is 9.69 Å². The van der Waals surface area contributed by atoms with Crippen molar-refractivity contribution in [2.24, 2.45) is 5.73 Å². The molecule has 3 N–H and O–H groups in total. The smallest absolute Gasteiger partial charge is 0.319 e. The van der Waals surface area contributed by atoms with Gasteiger partial charge in [0, 0.05) is 61.3 Å². The maximum absolute atomic E-state index is 16.8. The van der Waals surface area contributed by atoms with Crippen LogP contribution < -0.4 is 15.4 Å². The summed E-state index contributed by atoms with van der Waals surface area (Å²) in [6, 6.07) is 15.6. The van der Waals surface area contributed by atoms with Crippen molar-refractivity contribution in [3.8, 4) is 22.9 Å². The average molecular weight is 654 g/mol. The minimum absolute atomic E-state index is 0.0759. The van der Waals surface area contributed by atoms with Crippen molar-refractivity contribution >= 4 is 33.4 Å². The highest BCUT2D eigenvalue weighted by Crippen LogP contribution is 2.40. The van der Waals surface area contributed by atoms with Gasteiger partial charge in [0.25, 0.3) is 0 Å². The van der Waals surface area contributed by atoms with Crippen molar-refractivity contribution in [3.63, 3.8) is 0 Å². The van der Waals surface area contributed by atoms with E-state index in [0.717, 1.165) is 68.9 Å². The van der Waals surface area contributed by atoms with Crippen LogP contribution in [0.2, 0.25) is 0 Å². The number of nitrogens with two attached hydrogens (primary N) is 1. The van der Waals surface area contributed by atoms with Gasteiger partial charge in [-0.15, -0.1) is 0 Å². The molecule has 252 valence electrons. The number of amides is 1. The number of rotatable bonds is 7. The molecule has 4 aliphatic rings. The topological polar surface area (TPSA) is 111 Å². The molecule has 0 aliphatic carbocycles. The van der Waals surface area contributed by atoms with E-state index in [0.29, 0.717) is 48.6 Å². The zero-order valence-electron chi connectivity index (χ0n) is 27.5. The Morgan fingerprint density at radius 1 is 0.958 bits per heavy atom. The van der Waals surface area contributed by atoms with Crippen LogP contribution in [-0.4, -0.2) is 113 Å². The van der Waals surface area contributed by atoms with E-state index in [2.05, 4.69) is 26.7 Å². The minimum atomic E-state index is -0.469. The first-order valence-electron chi connectivity index (χ1n) is 17.4. The number of phenolic OH excluding ortho intramolecular Hbond substituents is 1. The summed E-state index contributed by atoms with van der Waals surface area (Å²) in [5.74, 6) is 0.449. The lowest BCUT2D eigenvalue weighted by molar-refractivity contribution is -0.134. The number of likely N-dealkylation sites (N-methyl/N-ethyl adjacent to an activating group) is 1. The molecule has 4 fully saturated rings. The maximum atomic E-state index is 16.8. The Morgan fingerprint density at radius 2 is 1.73 bits per heavy atom. The first-order chi connectivity index (χ1) is 23.3. The molecule has 0 saturated carbocycles. The van der Waals surface area contributed by atoms with Crippen LogP contribution in [0.4, 0.5) is 10.2 Å². The van der Waals surface area contributed by atoms with Crippen LogP contribution in [-0.2, 0) is 4.79 Å². The number of fused-ring (bicyclic) bond motifs is 4. The zero-order chi connectivity index (χ0) is 32.9. The summed E-state index contributed by atoms with van der Waals surface area (Å²) in [7, 11) is 2.10. The Balaban J connectivity index is 1.13. The number of carbonyl (C=O) groups excluding carboxylic acids is 1. The number of benzene rings is 3. The van der Waals surface area contributed by atoms with Gasteiger partial charge in [0.15, 0.2) is 5.82 Å². The molecule has 1 amide bonds. The van der Waals surface area contributed by atoms with E-state index in [1.807, 2.05) is 35.2 Å². The molecule has 0 spiro atoms. The highest BCUT2D eigenvalue weighted by Gasteiger charge is 2.42. The molecule has 2 bridgehead atoms. The number of phenols is 1. The predicted octanol–water partition coefficient (Wildman–Crippen LogP) is 4.37. The van der Waals surface area contributed by atoms with Gasteiger partial charge in [-0.25, -0.2) is 4.39 Å². The van der Waals surface area contributed by atoms with Gasteiger partial charge in [0.1, 0.15) is 23.7 Å². The maximum Gasteiger partial charge on any atom is 0.319 e. The van der Waals surface area contributed by atoms with Crippen molar-refractivity contribution < 1.29 is 19.0 Å². The van der Waals surface area contributed by atoms with Gasteiger partial charge in [-0.1, -0.05) is 30.3 Å². The van der Waals surface area contributed by atoms with Crippen LogP contribution in [0, 0.1) is 5.82 Å². The summed E-state index contributed by atoms with van der Waals surface area (Å²) in [4.78, 5) is 31.8. The van der Waals surface area contributed by atoms with E-state index in [-0.39, 0.29) is 47.4 Å². The number of hydrogen-bond donors (Lipinski definition) is 2. The Hall–Kier alpha value is -4.06. The van der Waals surface area contributed by atoms with E-state index in [9.17, 15) is 9.90 Å². The second-order valence-corrected chi connectivity index (χ2v) is 14.1. The van der Waals surface area contributed by atoms with Crippen molar-refractivity contribution in [1.29, 1.82) is 0 Å². The van der Waals surface area contributed by atoms with E-state index in [1.54, 1.807) is 18.2 Å². The third-order valence-corrected chi connectivity index (χ3v) is 11.1. The Morgan fingerprint density at radius 3 is 2.48 bits per heavy atom. The number of likely N-dealkylation sites (tertiary alicyclic amines) is 2. The summed E-state index contributed by atoms with van der Waals surface area (Å²) in [5.41, 5.74) is 7.25. The number of anilines is 1. The van der Waals surface area contributed by atoms with Crippen LogP contribution >= 0.6 is 0 Å². The van der Waals surface area contributed by atoms with Crippen molar-refractivity contribution in [1.82, 2.24) is 24.7 Å². The number of ether oxygens (including phenoxy) is 1. The quantitative estimate of drug-likeness (QED) is 0.301. The Kier molecular flexibility index (Phi) is 8.30. The van der Waals surface area contributed by atoms with Crippen LogP contribution in [0.3, 0.4) is 0 Å². The minimum Gasteiger partial charge on any atom is -0.508 e. The standard InChI is InChI=1S/C37H44FN7O3/c1-42-14-4-6-27(42)22-48-37-40-35-31(11-10-30(34(35)38)32-18-28(46)17-23-5-2-3-7-29(23)32)36(41-37)44-19-25-8-9-26(20-44)45(25)21-33(47)43-15-12-24(39)13-16-43/h2-3,5,7,10-11,17-18,24-27,46H,4,6,8-9,12-16,19-22,39H2,1H3/t25-,26+,27-/m0/s1. The SMILES string of the molecule is CN1CCC[C@H]1COc1nc(N2C[C@H]3CC[C@@H](C2)N3CC(=O)N2CCC(N)CC2)c2ccc(-c3cc(O)cc4ccccc34)c(F)c2n1. The highest BCUT2D eigenvalue weighted by molar-refractivity contribution is 6.01. The number of piperazine rings is 1. The number of hydrogen-bond acceptors (Lipinski definition) is 9. The van der Waals surface area contributed by atoms with Crippen LogP contribution in [0.25, 0.3) is 32.8 Å². The Labute approximate surface area is 280 Å². The molecule has 10 nitrogen and oxygen atoms in total. The van der Waals surface area contributed by atoms with Crippen molar-refractivity contribution in [3.05, 3.63) is 54.3 Å². The predicted molar refractivity (Wildman–Crippen MR) is 185 cm³/mol. The van der Waals surface area contributed by atoms with Gasteiger partial charge in [-0.2, -0.15) is 9.97 Å². The first-order valence-corrected chi connectivity index (χ1v) is 17.4. The van der Waals surface area contributed by atoms with Crippen LogP contribution in [0.5, 0.6) is 11.8 Å². The lowest BCUT2D eigenvalue weighted by Crippen LogP contribution is -2.57. The number of piperidine rings is 1. The van der Waals surface area contributed by atoms with E-state index < -0.39 is 5.82 Å². The third-order valence-electron chi connectivity index (χ3n) is 11.1. The van der Waals surface area contributed by atoms with E-state index in [4.69, 9.17) is 15.5 Å².